The maximum absolute atomic E-state index is 12.2. The zero-order valence-corrected chi connectivity index (χ0v) is 13.5. The minimum atomic E-state index is -0.0727. The van der Waals surface area contributed by atoms with Crippen LogP contribution in [0.4, 0.5) is 0 Å². The van der Waals surface area contributed by atoms with Crippen molar-refractivity contribution < 1.29 is 14.3 Å². The van der Waals surface area contributed by atoms with E-state index in [9.17, 15) is 4.79 Å². The van der Waals surface area contributed by atoms with Crippen LogP contribution < -0.4 is 14.8 Å². The molecule has 0 spiro atoms. The molecule has 2 aromatic rings. The Hall–Kier alpha value is -2.49. The van der Waals surface area contributed by atoms with E-state index in [1.807, 2.05) is 50.2 Å². The van der Waals surface area contributed by atoms with Crippen LogP contribution in [0.15, 0.2) is 36.4 Å². The van der Waals surface area contributed by atoms with Crippen molar-refractivity contribution in [3.8, 4) is 11.5 Å². The van der Waals surface area contributed by atoms with E-state index in [-0.39, 0.29) is 5.91 Å². The van der Waals surface area contributed by atoms with Crippen LogP contribution in [0.3, 0.4) is 0 Å². The fourth-order valence-electron chi connectivity index (χ4n) is 2.53. The van der Waals surface area contributed by atoms with Crippen LogP contribution in [0.25, 0.3) is 0 Å². The van der Waals surface area contributed by atoms with Crippen molar-refractivity contribution in [3.05, 3.63) is 58.7 Å². The van der Waals surface area contributed by atoms with E-state index >= 15 is 0 Å². The molecule has 0 aliphatic carbocycles. The smallest absolute Gasteiger partial charge is 0.251 e. The number of rotatable bonds is 3. The molecular formula is C19H21NO3. The first-order chi connectivity index (χ1) is 11.1. The molecule has 0 fully saturated rings. The molecule has 0 saturated carbocycles. The topological polar surface area (TPSA) is 47.6 Å². The zero-order chi connectivity index (χ0) is 16.2. The Kier molecular flexibility index (Phi) is 4.51. The van der Waals surface area contributed by atoms with E-state index in [1.54, 1.807) is 0 Å². The molecule has 2 aromatic carbocycles. The fourth-order valence-corrected chi connectivity index (χ4v) is 2.53. The molecule has 0 saturated heterocycles. The lowest BCUT2D eigenvalue weighted by Gasteiger charge is -2.13. The Balaban J connectivity index is 1.71. The molecule has 4 heteroatoms. The average Bonchev–Trinajstić information content (AvgIpc) is 2.78. The zero-order valence-electron chi connectivity index (χ0n) is 13.5. The van der Waals surface area contributed by atoms with Crippen LogP contribution in [0.5, 0.6) is 11.5 Å². The van der Waals surface area contributed by atoms with Gasteiger partial charge < -0.3 is 14.8 Å². The van der Waals surface area contributed by atoms with E-state index < -0.39 is 0 Å². The molecule has 1 amide bonds. The van der Waals surface area contributed by atoms with Crippen molar-refractivity contribution in [3.63, 3.8) is 0 Å². The molecule has 0 atom stereocenters. The number of hydrogen-bond donors (Lipinski definition) is 1. The Morgan fingerprint density at radius 3 is 2.39 bits per heavy atom. The second-order valence-corrected chi connectivity index (χ2v) is 5.82. The van der Waals surface area contributed by atoms with Crippen LogP contribution >= 0.6 is 0 Å². The highest BCUT2D eigenvalue weighted by atomic mass is 16.5. The number of aryl methyl sites for hydroxylation is 2. The third-order valence-corrected chi connectivity index (χ3v) is 3.96. The van der Waals surface area contributed by atoms with E-state index in [1.165, 1.54) is 0 Å². The molecule has 0 unspecified atom stereocenters. The van der Waals surface area contributed by atoms with Gasteiger partial charge in [-0.05, 0) is 49.2 Å². The lowest BCUT2D eigenvalue weighted by Crippen LogP contribution is -2.23. The predicted molar refractivity (Wildman–Crippen MR) is 89.1 cm³/mol. The number of benzene rings is 2. The molecule has 1 aliphatic heterocycles. The minimum absolute atomic E-state index is 0.0727. The van der Waals surface area contributed by atoms with Gasteiger partial charge in [0.15, 0.2) is 11.5 Å². The van der Waals surface area contributed by atoms with Gasteiger partial charge in [-0.2, -0.15) is 0 Å². The SMILES string of the molecule is Cc1ccc(C(=O)NCc2cc3c(cc2C)OCCCO3)cc1. The van der Waals surface area contributed by atoms with Crippen molar-refractivity contribution in [2.24, 2.45) is 0 Å². The van der Waals surface area contributed by atoms with Gasteiger partial charge in [-0.15, -0.1) is 0 Å². The first kappa shape index (κ1) is 15.4. The van der Waals surface area contributed by atoms with Gasteiger partial charge in [-0.1, -0.05) is 17.7 Å². The number of fused-ring (bicyclic) bond motifs is 1. The highest BCUT2D eigenvalue weighted by Crippen LogP contribution is 2.32. The minimum Gasteiger partial charge on any atom is -0.490 e. The maximum Gasteiger partial charge on any atom is 0.251 e. The fraction of sp³-hybridized carbons (Fsp3) is 0.316. The van der Waals surface area contributed by atoms with Gasteiger partial charge in [0.05, 0.1) is 13.2 Å². The molecule has 23 heavy (non-hydrogen) atoms. The van der Waals surface area contributed by atoms with E-state index in [0.717, 1.165) is 34.6 Å². The van der Waals surface area contributed by atoms with Gasteiger partial charge in [0.2, 0.25) is 0 Å². The summed E-state index contributed by atoms with van der Waals surface area (Å²) in [6, 6.07) is 11.5. The molecule has 1 aliphatic rings. The molecule has 1 heterocycles. The molecule has 1 N–H and O–H groups in total. The van der Waals surface area contributed by atoms with Crippen LogP contribution in [0, 0.1) is 13.8 Å². The summed E-state index contributed by atoms with van der Waals surface area (Å²) in [5.41, 5.74) is 3.93. The van der Waals surface area contributed by atoms with Crippen molar-refractivity contribution >= 4 is 5.91 Å². The van der Waals surface area contributed by atoms with Crippen LogP contribution in [-0.2, 0) is 6.54 Å². The second-order valence-electron chi connectivity index (χ2n) is 5.82. The Labute approximate surface area is 136 Å². The van der Waals surface area contributed by atoms with Crippen molar-refractivity contribution in [2.45, 2.75) is 26.8 Å². The highest BCUT2D eigenvalue weighted by Gasteiger charge is 2.14. The van der Waals surface area contributed by atoms with Crippen molar-refractivity contribution in [1.82, 2.24) is 5.32 Å². The monoisotopic (exact) mass is 311 g/mol. The third kappa shape index (κ3) is 3.65. The molecule has 4 nitrogen and oxygen atoms in total. The molecule has 120 valence electrons. The van der Waals surface area contributed by atoms with E-state index in [0.29, 0.717) is 25.3 Å². The lowest BCUT2D eigenvalue weighted by molar-refractivity contribution is 0.0951. The van der Waals surface area contributed by atoms with Gasteiger partial charge in [0.25, 0.3) is 5.91 Å². The predicted octanol–water partition coefficient (Wildman–Crippen LogP) is 3.39. The van der Waals surface area contributed by atoms with Gasteiger partial charge >= 0.3 is 0 Å². The van der Waals surface area contributed by atoms with Gasteiger partial charge in [-0.3, -0.25) is 4.79 Å². The Morgan fingerprint density at radius 1 is 1.04 bits per heavy atom. The Bertz CT molecular complexity index is 707. The van der Waals surface area contributed by atoms with Crippen LogP contribution in [0.2, 0.25) is 0 Å². The van der Waals surface area contributed by atoms with E-state index in [4.69, 9.17) is 9.47 Å². The summed E-state index contributed by atoms with van der Waals surface area (Å²) in [6.45, 7) is 5.82. The number of nitrogens with one attached hydrogen (secondary N) is 1. The van der Waals surface area contributed by atoms with Gasteiger partial charge in [0.1, 0.15) is 0 Å². The summed E-state index contributed by atoms with van der Waals surface area (Å²) in [4.78, 5) is 12.2. The number of hydrogen-bond acceptors (Lipinski definition) is 3. The molecule has 0 bridgehead atoms. The first-order valence-electron chi connectivity index (χ1n) is 7.87. The number of carbonyl (C=O) groups excluding carboxylic acids is 1. The summed E-state index contributed by atoms with van der Waals surface area (Å²) in [5.74, 6) is 1.47. The quantitative estimate of drug-likeness (QED) is 0.945. The summed E-state index contributed by atoms with van der Waals surface area (Å²) < 4.78 is 11.4. The van der Waals surface area contributed by atoms with Gasteiger partial charge in [-0.25, -0.2) is 0 Å². The summed E-state index contributed by atoms with van der Waals surface area (Å²) in [7, 11) is 0. The first-order valence-corrected chi connectivity index (χ1v) is 7.87. The number of carbonyl (C=O) groups is 1. The number of amides is 1. The third-order valence-electron chi connectivity index (χ3n) is 3.96. The van der Waals surface area contributed by atoms with Gasteiger partial charge in [0, 0.05) is 18.5 Å². The van der Waals surface area contributed by atoms with Crippen LogP contribution in [0.1, 0.15) is 33.5 Å². The second kappa shape index (κ2) is 6.73. The highest BCUT2D eigenvalue weighted by molar-refractivity contribution is 5.94. The molecule has 3 rings (SSSR count). The van der Waals surface area contributed by atoms with E-state index in [2.05, 4.69) is 5.32 Å². The largest absolute Gasteiger partial charge is 0.490 e. The Morgan fingerprint density at radius 2 is 1.70 bits per heavy atom. The molecular weight excluding hydrogens is 290 g/mol. The number of ether oxygens (including phenoxy) is 2. The summed E-state index contributed by atoms with van der Waals surface area (Å²) >= 11 is 0. The normalized spacial score (nSPS) is 13.3. The summed E-state index contributed by atoms with van der Waals surface area (Å²) in [6.07, 6.45) is 0.882. The van der Waals surface area contributed by atoms with Crippen molar-refractivity contribution in [1.29, 1.82) is 0 Å². The average molecular weight is 311 g/mol. The maximum atomic E-state index is 12.2. The van der Waals surface area contributed by atoms with Crippen LogP contribution in [-0.4, -0.2) is 19.1 Å². The molecule has 0 aromatic heterocycles. The van der Waals surface area contributed by atoms with Crippen molar-refractivity contribution in [2.75, 3.05) is 13.2 Å². The summed E-state index contributed by atoms with van der Waals surface area (Å²) in [5, 5.41) is 2.96. The molecule has 0 radical (unpaired) electrons. The standard InChI is InChI=1S/C19H21NO3/c1-13-4-6-15(7-5-13)19(21)20-12-16-11-18-17(10-14(16)2)22-8-3-9-23-18/h4-7,10-11H,3,8-9,12H2,1-2H3,(H,20,21). The lowest BCUT2D eigenvalue weighted by atomic mass is 10.1.